The third-order valence-corrected chi connectivity index (χ3v) is 5.93. The molecule has 0 aromatic heterocycles. The Hall–Kier alpha value is -2.73. The van der Waals surface area contributed by atoms with Crippen molar-refractivity contribution in [3.63, 3.8) is 0 Å². The molecule has 0 spiro atoms. The van der Waals surface area contributed by atoms with E-state index in [-0.39, 0.29) is 0 Å². The van der Waals surface area contributed by atoms with Crippen molar-refractivity contribution in [2.45, 2.75) is 16.6 Å². The van der Waals surface area contributed by atoms with Crippen molar-refractivity contribution in [3.05, 3.63) is 34.9 Å². The van der Waals surface area contributed by atoms with Gasteiger partial charge in [0, 0.05) is 16.7 Å². The number of hydrogen-bond donors (Lipinski definition) is 11. The first-order valence-corrected chi connectivity index (χ1v) is 10.6. The van der Waals surface area contributed by atoms with Crippen LogP contribution in [0.2, 0.25) is 0 Å². The Morgan fingerprint density at radius 1 is 0.639 bits per heavy atom. The van der Waals surface area contributed by atoms with Gasteiger partial charge in [0.1, 0.15) is 16.6 Å². The van der Waals surface area contributed by atoms with Crippen molar-refractivity contribution in [1.82, 2.24) is 10.2 Å². The number of amides is 3. The van der Waals surface area contributed by atoms with Crippen LogP contribution in [0.4, 0.5) is 0 Å². The molecule has 204 valence electrons. The fraction of sp³-hybridized carbons (Fsp3) is 0.571. The van der Waals surface area contributed by atoms with E-state index >= 15 is 0 Å². The number of carbonyl (C=O) groups is 3. The quantitative estimate of drug-likeness (QED) is 0.103. The van der Waals surface area contributed by atoms with Gasteiger partial charge >= 0.3 is 0 Å². The number of aliphatic hydroxyl groups is 9. The SMILES string of the molecule is NC(=O)c1cc(C(=O)NC(CO)(CO)CO)cc(C(=O)N(C(CO)(CO)CO)C(CO)(CO)CO)c1. The molecule has 0 saturated heterocycles. The van der Waals surface area contributed by atoms with E-state index in [9.17, 15) is 60.3 Å². The molecule has 0 bridgehead atoms. The first kappa shape index (κ1) is 31.3. The second kappa shape index (κ2) is 13.0. The molecule has 1 aromatic rings. The normalized spacial score (nSPS) is 12.4. The van der Waals surface area contributed by atoms with Gasteiger partial charge in [-0.2, -0.15) is 0 Å². The number of benzene rings is 1. The lowest BCUT2D eigenvalue weighted by atomic mass is 9.88. The molecule has 0 atom stereocenters. The van der Waals surface area contributed by atoms with Crippen LogP contribution in [0.15, 0.2) is 18.2 Å². The zero-order valence-corrected chi connectivity index (χ0v) is 19.4. The van der Waals surface area contributed by atoms with Crippen LogP contribution < -0.4 is 11.1 Å². The maximum atomic E-state index is 13.7. The lowest BCUT2D eigenvalue weighted by Crippen LogP contribution is -2.71. The van der Waals surface area contributed by atoms with Gasteiger partial charge in [0.25, 0.3) is 11.8 Å². The zero-order chi connectivity index (χ0) is 27.7. The number of primary amides is 1. The lowest BCUT2D eigenvalue weighted by molar-refractivity contribution is -0.121. The molecule has 0 aliphatic carbocycles. The standard InChI is InChI=1S/C21H33N3O12/c22-16(34)13-1-14(17(35)23-19(4-25,5-26)6-27)3-15(2-13)18(36)24(20(7-28,8-29)9-30)21(10-31,11-32)12-33/h1-3,25-33H,4-12H2,(H2,22,34)(H,23,35). The fourth-order valence-corrected chi connectivity index (χ4v) is 3.39. The molecule has 0 heterocycles. The van der Waals surface area contributed by atoms with Crippen molar-refractivity contribution in [3.8, 4) is 0 Å². The maximum Gasteiger partial charge on any atom is 0.255 e. The second-order valence-electron chi connectivity index (χ2n) is 8.41. The van der Waals surface area contributed by atoms with Crippen LogP contribution in [-0.4, -0.2) is 145 Å². The molecule has 36 heavy (non-hydrogen) atoms. The van der Waals surface area contributed by atoms with Gasteiger partial charge in [-0.15, -0.1) is 0 Å². The summed E-state index contributed by atoms with van der Waals surface area (Å²) >= 11 is 0. The smallest absolute Gasteiger partial charge is 0.255 e. The summed E-state index contributed by atoms with van der Waals surface area (Å²) in [6.07, 6.45) is 0. The molecular formula is C21H33N3O12. The highest BCUT2D eigenvalue weighted by molar-refractivity contribution is 6.04. The number of nitrogens with two attached hydrogens (primary N) is 1. The minimum Gasteiger partial charge on any atom is -0.394 e. The molecule has 0 saturated carbocycles. The first-order valence-electron chi connectivity index (χ1n) is 10.6. The minimum atomic E-state index is -2.24. The number of carbonyl (C=O) groups excluding carboxylic acids is 3. The number of aliphatic hydroxyl groups excluding tert-OH is 9. The van der Waals surface area contributed by atoms with E-state index in [2.05, 4.69) is 5.32 Å². The van der Waals surface area contributed by atoms with Crippen molar-refractivity contribution in [2.75, 3.05) is 59.5 Å². The predicted molar refractivity (Wildman–Crippen MR) is 121 cm³/mol. The summed E-state index contributed by atoms with van der Waals surface area (Å²) < 4.78 is 0. The monoisotopic (exact) mass is 519 g/mol. The fourth-order valence-electron chi connectivity index (χ4n) is 3.39. The molecule has 0 fully saturated rings. The van der Waals surface area contributed by atoms with Gasteiger partial charge < -0.3 is 61.9 Å². The number of rotatable bonds is 15. The van der Waals surface area contributed by atoms with Crippen LogP contribution in [-0.2, 0) is 0 Å². The molecule has 0 aliphatic heterocycles. The molecule has 15 heteroatoms. The zero-order valence-electron chi connectivity index (χ0n) is 19.4. The van der Waals surface area contributed by atoms with Crippen LogP contribution in [0.1, 0.15) is 31.1 Å². The number of nitrogens with one attached hydrogen (secondary N) is 1. The number of hydrogen-bond acceptors (Lipinski definition) is 12. The molecule has 0 unspecified atom stereocenters. The van der Waals surface area contributed by atoms with Crippen molar-refractivity contribution in [1.29, 1.82) is 0 Å². The van der Waals surface area contributed by atoms with Gasteiger partial charge in [-0.25, -0.2) is 0 Å². The lowest BCUT2D eigenvalue weighted by Gasteiger charge is -2.50. The highest BCUT2D eigenvalue weighted by Gasteiger charge is 2.51. The average Bonchev–Trinajstić information content (AvgIpc) is 2.92. The summed E-state index contributed by atoms with van der Waals surface area (Å²) in [7, 11) is 0. The van der Waals surface area contributed by atoms with Gasteiger partial charge in [-0.05, 0) is 18.2 Å². The Balaban J connectivity index is 3.82. The Morgan fingerprint density at radius 2 is 1.00 bits per heavy atom. The molecular weight excluding hydrogens is 486 g/mol. The summed E-state index contributed by atoms with van der Waals surface area (Å²) in [5, 5.41) is 90.1. The van der Waals surface area contributed by atoms with Gasteiger partial charge in [0.05, 0.1) is 59.5 Å². The van der Waals surface area contributed by atoms with Crippen LogP contribution in [0.5, 0.6) is 0 Å². The molecule has 3 amide bonds. The van der Waals surface area contributed by atoms with Crippen LogP contribution in [0.25, 0.3) is 0 Å². The van der Waals surface area contributed by atoms with Gasteiger partial charge in [-0.1, -0.05) is 0 Å². The van der Waals surface area contributed by atoms with E-state index in [1.54, 1.807) is 0 Å². The first-order chi connectivity index (χ1) is 17.0. The van der Waals surface area contributed by atoms with Crippen molar-refractivity contribution < 1.29 is 60.3 Å². The van der Waals surface area contributed by atoms with E-state index in [0.717, 1.165) is 18.2 Å². The van der Waals surface area contributed by atoms with Gasteiger partial charge in [0.15, 0.2) is 0 Å². The summed E-state index contributed by atoms with van der Waals surface area (Å²) in [5.41, 5.74) is -2.36. The third-order valence-electron chi connectivity index (χ3n) is 5.93. The maximum absolute atomic E-state index is 13.7. The molecule has 0 radical (unpaired) electrons. The summed E-state index contributed by atoms with van der Waals surface area (Å²) in [5.74, 6) is -3.41. The number of nitrogens with zero attached hydrogens (tertiary/aromatic N) is 1. The predicted octanol–water partition coefficient (Wildman–Crippen LogP) is -5.90. The molecule has 0 aliphatic rings. The highest BCUT2D eigenvalue weighted by atomic mass is 16.3. The van der Waals surface area contributed by atoms with E-state index in [1.165, 1.54) is 0 Å². The Labute approximate surface area is 205 Å². The van der Waals surface area contributed by atoms with E-state index in [0.29, 0.717) is 4.90 Å². The summed E-state index contributed by atoms with van der Waals surface area (Å²) in [4.78, 5) is 38.9. The second-order valence-corrected chi connectivity index (χ2v) is 8.41. The molecule has 15 nitrogen and oxygen atoms in total. The third kappa shape index (κ3) is 5.97. The van der Waals surface area contributed by atoms with E-state index in [1.807, 2.05) is 0 Å². The van der Waals surface area contributed by atoms with Crippen LogP contribution in [0.3, 0.4) is 0 Å². The largest absolute Gasteiger partial charge is 0.394 e. The van der Waals surface area contributed by atoms with E-state index in [4.69, 9.17) is 5.73 Å². The Bertz CT molecular complexity index is 869. The Morgan fingerprint density at radius 3 is 1.33 bits per heavy atom. The molecule has 1 rings (SSSR count). The van der Waals surface area contributed by atoms with E-state index < -0.39 is 110 Å². The van der Waals surface area contributed by atoms with Crippen LogP contribution >= 0.6 is 0 Å². The highest BCUT2D eigenvalue weighted by Crippen LogP contribution is 2.29. The minimum absolute atomic E-state index is 0.390. The van der Waals surface area contributed by atoms with Gasteiger partial charge in [0.2, 0.25) is 5.91 Å². The summed E-state index contributed by atoms with van der Waals surface area (Å²) in [6, 6.07) is 2.78. The Kier molecular flexibility index (Phi) is 11.3. The topological polar surface area (TPSA) is 275 Å². The molecule has 12 N–H and O–H groups in total. The summed E-state index contributed by atoms with van der Waals surface area (Å²) in [6.45, 7) is -9.20. The average molecular weight is 520 g/mol. The van der Waals surface area contributed by atoms with Crippen molar-refractivity contribution in [2.24, 2.45) is 5.73 Å². The van der Waals surface area contributed by atoms with Crippen molar-refractivity contribution >= 4 is 17.7 Å². The van der Waals surface area contributed by atoms with Gasteiger partial charge in [-0.3, -0.25) is 14.4 Å². The van der Waals surface area contributed by atoms with Crippen LogP contribution in [0, 0.1) is 0 Å². The molecule has 1 aromatic carbocycles.